The molecule has 0 unspecified atom stereocenters. The second-order valence-corrected chi connectivity index (χ2v) is 7.70. The van der Waals surface area contributed by atoms with Gasteiger partial charge >= 0.3 is 0 Å². The second kappa shape index (κ2) is 7.06. The zero-order chi connectivity index (χ0) is 20.7. The molecule has 2 aromatic carbocycles. The average Bonchev–Trinajstić information content (AvgIpc) is 3.44. The molecule has 0 amide bonds. The summed E-state index contributed by atoms with van der Waals surface area (Å²) in [5.74, 6) is 0.752. The lowest BCUT2D eigenvalue weighted by atomic mass is 9.88. The van der Waals surface area contributed by atoms with Crippen LogP contribution in [0.15, 0.2) is 65.2 Å². The zero-order valence-electron chi connectivity index (χ0n) is 16.7. The molecule has 1 fully saturated rings. The molecule has 1 saturated carbocycles. The van der Waals surface area contributed by atoms with Gasteiger partial charge in [0.2, 0.25) is 5.89 Å². The van der Waals surface area contributed by atoms with Crippen LogP contribution in [-0.2, 0) is 5.41 Å². The van der Waals surface area contributed by atoms with E-state index in [4.69, 9.17) is 9.15 Å². The van der Waals surface area contributed by atoms with Crippen LogP contribution in [0, 0.1) is 19.7 Å². The van der Waals surface area contributed by atoms with Crippen LogP contribution < -0.4 is 4.74 Å². The Morgan fingerprint density at radius 3 is 2.13 bits per heavy atom. The van der Waals surface area contributed by atoms with Crippen LogP contribution >= 0.6 is 0 Å². The van der Waals surface area contributed by atoms with Gasteiger partial charge in [-0.25, -0.2) is 9.37 Å². The maximum atomic E-state index is 14.4. The van der Waals surface area contributed by atoms with Crippen molar-refractivity contribution in [3.63, 3.8) is 0 Å². The molecule has 2 aromatic heterocycles. The third kappa shape index (κ3) is 3.34. The zero-order valence-corrected chi connectivity index (χ0v) is 16.7. The van der Waals surface area contributed by atoms with Crippen molar-refractivity contribution in [3.8, 4) is 23.1 Å². The van der Waals surface area contributed by atoms with Gasteiger partial charge in [-0.1, -0.05) is 42.0 Å². The molecule has 4 aromatic rings. The topological polar surface area (TPSA) is 61.0 Å². The molecule has 0 atom stereocenters. The lowest BCUT2D eigenvalue weighted by Crippen LogP contribution is -2.08. The van der Waals surface area contributed by atoms with Gasteiger partial charge in [0, 0.05) is 18.4 Å². The molecule has 0 radical (unpaired) electrons. The van der Waals surface area contributed by atoms with Gasteiger partial charge in [0.25, 0.3) is 5.89 Å². The van der Waals surface area contributed by atoms with E-state index in [-0.39, 0.29) is 17.0 Å². The van der Waals surface area contributed by atoms with Crippen molar-refractivity contribution in [2.45, 2.75) is 32.1 Å². The fourth-order valence-corrected chi connectivity index (χ4v) is 3.75. The molecule has 0 saturated heterocycles. The molecule has 5 nitrogen and oxygen atoms in total. The van der Waals surface area contributed by atoms with E-state index in [2.05, 4.69) is 58.5 Å². The standard InChI is InChI=1S/C24H20FN3O2/c1-15-3-5-17(6-4-15)24(11-12-24)18-7-9-19(10-8-18)30-20-13-21(25)22(26-14-20)23-28-27-16(2)29-23/h3-10,13-14H,11-12H2,1-2H3. The molecule has 150 valence electrons. The third-order valence-corrected chi connectivity index (χ3v) is 5.54. The molecule has 0 spiro atoms. The van der Waals surface area contributed by atoms with Crippen molar-refractivity contribution in [2.24, 2.45) is 0 Å². The van der Waals surface area contributed by atoms with Crippen LogP contribution in [0.5, 0.6) is 11.5 Å². The number of hydrogen-bond donors (Lipinski definition) is 0. The number of pyridine rings is 1. The van der Waals surface area contributed by atoms with Gasteiger partial charge in [0.05, 0.1) is 6.20 Å². The SMILES string of the molecule is Cc1ccc(C2(c3ccc(Oc4cnc(-c5nnc(C)o5)c(F)c4)cc3)CC2)cc1. The van der Waals surface area contributed by atoms with Crippen LogP contribution in [0.1, 0.15) is 35.4 Å². The summed E-state index contributed by atoms with van der Waals surface area (Å²) in [6.45, 7) is 3.74. The molecule has 0 N–H and O–H groups in total. The van der Waals surface area contributed by atoms with E-state index in [1.54, 1.807) is 6.92 Å². The van der Waals surface area contributed by atoms with E-state index >= 15 is 0 Å². The second-order valence-electron chi connectivity index (χ2n) is 7.70. The maximum Gasteiger partial charge on any atom is 0.269 e. The molecule has 2 heterocycles. The average molecular weight is 401 g/mol. The Hall–Kier alpha value is -3.54. The Labute approximate surface area is 173 Å². The summed E-state index contributed by atoms with van der Waals surface area (Å²) >= 11 is 0. The fourth-order valence-electron chi connectivity index (χ4n) is 3.75. The molecule has 30 heavy (non-hydrogen) atoms. The van der Waals surface area contributed by atoms with E-state index in [9.17, 15) is 4.39 Å². The highest BCUT2D eigenvalue weighted by Crippen LogP contribution is 2.53. The smallest absolute Gasteiger partial charge is 0.269 e. The summed E-state index contributed by atoms with van der Waals surface area (Å²) in [5, 5.41) is 7.50. The number of ether oxygens (including phenoxy) is 1. The fraction of sp³-hybridized carbons (Fsp3) is 0.208. The van der Waals surface area contributed by atoms with E-state index in [1.165, 1.54) is 29.0 Å². The lowest BCUT2D eigenvalue weighted by molar-refractivity contribution is 0.471. The molecular formula is C24H20FN3O2. The first-order chi connectivity index (χ1) is 14.5. The number of aryl methyl sites for hydroxylation is 2. The molecule has 6 heteroatoms. The van der Waals surface area contributed by atoms with Crippen molar-refractivity contribution in [2.75, 3.05) is 0 Å². The minimum Gasteiger partial charge on any atom is -0.456 e. The normalized spacial score (nSPS) is 14.5. The predicted octanol–water partition coefficient (Wildman–Crippen LogP) is 5.76. The summed E-state index contributed by atoms with van der Waals surface area (Å²) in [5.41, 5.74) is 3.99. The van der Waals surface area contributed by atoms with Gasteiger partial charge in [-0.2, -0.15) is 0 Å². The van der Waals surface area contributed by atoms with E-state index in [0.29, 0.717) is 17.4 Å². The first-order valence-electron chi connectivity index (χ1n) is 9.85. The summed E-state index contributed by atoms with van der Waals surface area (Å²) in [6, 6.07) is 18.0. The Kier molecular flexibility index (Phi) is 4.35. The van der Waals surface area contributed by atoms with Gasteiger partial charge in [-0.05, 0) is 43.0 Å². The van der Waals surface area contributed by atoms with Crippen molar-refractivity contribution < 1.29 is 13.5 Å². The van der Waals surface area contributed by atoms with Crippen molar-refractivity contribution in [3.05, 3.63) is 89.2 Å². The quantitative estimate of drug-likeness (QED) is 0.425. The monoisotopic (exact) mass is 401 g/mol. The lowest BCUT2D eigenvalue weighted by Gasteiger charge is -2.17. The highest BCUT2D eigenvalue weighted by atomic mass is 19.1. The molecule has 5 rings (SSSR count). The van der Waals surface area contributed by atoms with Crippen LogP contribution in [-0.4, -0.2) is 15.2 Å². The summed E-state index contributed by atoms with van der Waals surface area (Å²) in [7, 11) is 0. The van der Waals surface area contributed by atoms with Crippen LogP contribution in [0.4, 0.5) is 4.39 Å². The molecular weight excluding hydrogens is 381 g/mol. The first-order valence-corrected chi connectivity index (χ1v) is 9.85. The number of benzene rings is 2. The van der Waals surface area contributed by atoms with Gasteiger partial charge in [-0.3, -0.25) is 0 Å². The van der Waals surface area contributed by atoms with Gasteiger partial charge in [0.15, 0.2) is 11.5 Å². The summed E-state index contributed by atoms with van der Waals surface area (Å²) < 4.78 is 25.5. The third-order valence-electron chi connectivity index (χ3n) is 5.54. The van der Waals surface area contributed by atoms with Crippen LogP contribution in [0.2, 0.25) is 0 Å². The first kappa shape index (κ1) is 18.5. The van der Waals surface area contributed by atoms with Crippen molar-refractivity contribution in [1.82, 2.24) is 15.2 Å². The Balaban J connectivity index is 1.34. The minimum atomic E-state index is -0.580. The number of nitrogens with zero attached hydrogens (tertiary/aromatic N) is 3. The summed E-state index contributed by atoms with van der Waals surface area (Å²) in [6.07, 6.45) is 3.73. The maximum absolute atomic E-state index is 14.4. The van der Waals surface area contributed by atoms with Gasteiger partial charge in [0.1, 0.15) is 11.5 Å². The van der Waals surface area contributed by atoms with E-state index < -0.39 is 5.82 Å². The van der Waals surface area contributed by atoms with Crippen LogP contribution in [0.25, 0.3) is 11.6 Å². The van der Waals surface area contributed by atoms with E-state index in [0.717, 1.165) is 12.8 Å². The molecule has 1 aliphatic rings. The molecule has 1 aliphatic carbocycles. The van der Waals surface area contributed by atoms with Crippen molar-refractivity contribution >= 4 is 0 Å². The van der Waals surface area contributed by atoms with Gasteiger partial charge < -0.3 is 9.15 Å². The molecule has 0 bridgehead atoms. The molecule has 0 aliphatic heterocycles. The van der Waals surface area contributed by atoms with Crippen molar-refractivity contribution in [1.29, 1.82) is 0 Å². The van der Waals surface area contributed by atoms with Gasteiger partial charge in [-0.15, -0.1) is 10.2 Å². The highest BCUT2D eigenvalue weighted by molar-refractivity contribution is 5.50. The number of aromatic nitrogens is 3. The summed E-state index contributed by atoms with van der Waals surface area (Å²) in [4.78, 5) is 4.08. The Morgan fingerprint density at radius 2 is 1.57 bits per heavy atom. The number of rotatable bonds is 5. The Bertz CT molecular complexity index is 1200. The van der Waals surface area contributed by atoms with E-state index in [1.807, 2.05) is 12.1 Å². The highest BCUT2D eigenvalue weighted by Gasteiger charge is 2.45. The van der Waals surface area contributed by atoms with Crippen LogP contribution in [0.3, 0.4) is 0 Å². The number of hydrogen-bond acceptors (Lipinski definition) is 5. The Morgan fingerprint density at radius 1 is 0.900 bits per heavy atom. The number of halogens is 1. The minimum absolute atomic E-state index is 0.00655. The predicted molar refractivity (Wildman–Crippen MR) is 110 cm³/mol. The largest absolute Gasteiger partial charge is 0.456 e.